The van der Waals surface area contributed by atoms with Crippen molar-refractivity contribution in [3.63, 3.8) is 0 Å². The summed E-state index contributed by atoms with van der Waals surface area (Å²) >= 11 is 0. The first-order valence-electron chi connectivity index (χ1n) is 5.94. The van der Waals surface area contributed by atoms with E-state index in [9.17, 15) is 4.79 Å². The Morgan fingerprint density at radius 2 is 1.88 bits per heavy atom. The number of benzene rings is 1. The second-order valence-electron chi connectivity index (χ2n) is 4.41. The molecule has 86 valence electrons. The standard InChI is InChI=1S/C14H14N2O/c17-13-5-7-16(8-6-13)12-9-11-3-1-2-4-14(11)15-10-12/h1-4,9-10H,5-8H2. The number of pyridine rings is 1. The fourth-order valence-corrected chi connectivity index (χ4v) is 2.25. The monoisotopic (exact) mass is 226 g/mol. The van der Waals surface area contributed by atoms with Gasteiger partial charge in [0, 0.05) is 31.3 Å². The number of fused-ring (bicyclic) bond motifs is 1. The zero-order valence-electron chi connectivity index (χ0n) is 9.60. The minimum absolute atomic E-state index is 0.370. The lowest BCUT2D eigenvalue weighted by Crippen LogP contribution is -2.33. The zero-order valence-corrected chi connectivity index (χ0v) is 9.60. The summed E-state index contributed by atoms with van der Waals surface area (Å²) in [4.78, 5) is 17.9. The Labute approximate surface area is 100 Å². The number of anilines is 1. The Morgan fingerprint density at radius 3 is 2.71 bits per heavy atom. The minimum Gasteiger partial charge on any atom is -0.369 e. The van der Waals surface area contributed by atoms with Crippen LogP contribution in [-0.2, 0) is 4.79 Å². The van der Waals surface area contributed by atoms with Crippen molar-refractivity contribution in [3.05, 3.63) is 36.5 Å². The van der Waals surface area contributed by atoms with Crippen molar-refractivity contribution in [3.8, 4) is 0 Å². The fourth-order valence-electron chi connectivity index (χ4n) is 2.25. The van der Waals surface area contributed by atoms with Crippen LogP contribution in [0.4, 0.5) is 5.69 Å². The molecule has 17 heavy (non-hydrogen) atoms. The average molecular weight is 226 g/mol. The number of carbonyl (C=O) groups is 1. The van der Waals surface area contributed by atoms with E-state index in [1.807, 2.05) is 24.4 Å². The molecule has 1 aromatic heterocycles. The predicted octanol–water partition coefficient (Wildman–Crippen LogP) is 2.40. The first kappa shape index (κ1) is 10.3. The van der Waals surface area contributed by atoms with Gasteiger partial charge in [-0.15, -0.1) is 0 Å². The quantitative estimate of drug-likeness (QED) is 0.748. The first-order chi connectivity index (χ1) is 8.33. The highest BCUT2D eigenvalue weighted by atomic mass is 16.1. The van der Waals surface area contributed by atoms with E-state index in [-0.39, 0.29) is 0 Å². The SMILES string of the molecule is O=C1CCN(c2cnc3ccccc3c2)CC1. The molecule has 0 atom stereocenters. The molecule has 1 aromatic carbocycles. The molecule has 1 saturated heterocycles. The van der Waals surface area contributed by atoms with Gasteiger partial charge >= 0.3 is 0 Å². The van der Waals surface area contributed by atoms with Crippen LogP contribution in [-0.4, -0.2) is 23.9 Å². The topological polar surface area (TPSA) is 33.2 Å². The number of ketones is 1. The van der Waals surface area contributed by atoms with Crippen LogP contribution in [0.3, 0.4) is 0 Å². The summed E-state index contributed by atoms with van der Waals surface area (Å²) in [5.74, 6) is 0.370. The molecule has 3 nitrogen and oxygen atoms in total. The van der Waals surface area contributed by atoms with Crippen molar-refractivity contribution in [1.29, 1.82) is 0 Å². The van der Waals surface area contributed by atoms with Gasteiger partial charge in [-0.05, 0) is 12.1 Å². The second-order valence-corrected chi connectivity index (χ2v) is 4.41. The third-order valence-corrected chi connectivity index (χ3v) is 3.26. The first-order valence-corrected chi connectivity index (χ1v) is 5.94. The van der Waals surface area contributed by atoms with Gasteiger partial charge < -0.3 is 4.90 Å². The van der Waals surface area contributed by atoms with Crippen LogP contribution in [0.5, 0.6) is 0 Å². The summed E-state index contributed by atoms with van der Waals surface area (Å²) in [5.41, 5.74) is 2.14. The average Bonchev–Trinajstić information content (AvgIpc) is 2.39. The molecule has 1 aliphatic heterocycles. The Balaban J connectivity index is 1.92. The molecule has 0 spiro atoms. The largest absolute Gasteiger partial charge is 0.369 e. The van der Waals surface area contributed by atoms with Crippen molar-refractivity contribution < 1.29 is 4.79 Å². The summed E-state index contributed by atoms with van der Waals surface area (Å²) in [6.07, 6.45) is 3.22. The lowest BCUT2D eigenvalue weighted by Gasteiger charge is -2.27. The summed E-state index contributed by atoms with van der Waals surface area (Å²) in [5, 5.41) is 1.15. The van der Waals surface area contributed by atoms with Crippen molar-refractivity contribution in [1.82, 2.24) is 4.98 Å². The van der Waals surface area contributed by atoms with Crippen LogP contribution in [0.2, 0.25) is 0 Å². The lowest BCUT2D eigenvalue weighted by atomic mass is 10.1. The van der Waals surface area contributed by atoms with E-state index in [0.29, 0.717) is 18.6 Å². The van der Waals surface area contributed by atoms with Gasteiger partial charge in [0.15, 0.2) is 0 Å². The predicted molar refractivity (Wildman–Crippen MR) is 68.2 cm³/mol. The summed E-state index contributed by atoms with van der Waals surface area (Å²) in [6, 6.07) is 10.2. The van der Waals surface area contributed by atoms with Crippen LogP contribution in [0, 0.1) is 0 Å². The number of rotatable bonds is 1. The fraction of sp³-hybridized carbons (Fsp3) is 0.286. The van der Waals surface area contributed by atoms with E-state index in [0.717, 1.165) is 29.7 Å². The maximum atomic E-state index is 11.2. The number of aromatic nitrogens is 1. The summed E-state index contributed by atoms with van der Waals surface area (Å²) in [7, 11) is 0. The smallest absolute Gasteiger partial charge is 0.136 e. The molecule has 0 N–H and O–H groups in total. The van der Waals surface area contributed by atoms with Gasteiger partial charge in [0.05, 0.1) is 17.4 Å². The molecular weight excluding hydrogens is 212 g/mol. The maximum Gasteiger partial charge on any atom is 0.136 e. The highest BCUT2D eigenvalue weighted by Gasteiger charge is 2.16. The van der Waals surface area contributed by atoms with E-state index < -0.39 is 0 Å². The van der Waals surface area contributed by atoms with Gasteiger partial charge in [-0.3, -0.25) is 9.78 Å². The van der Waals surface area contributed by atoms with E-state index in [2.05, 4.69) is 22.0 Å². The molecule has 1 aliphatic rings. The van der Waals surface area contributed by atoms with Crippen LogP contribution in [0.1, 0.15) is 12.8 Å². The molecule has 2 aromatic rings. The van der Waals surface area contributed by atoms with Crippen LogP contribution in [0.25, 0.3) is 10.9 Å². The highest BCUT2D eigenvalue weighted by Crippen LogP contribution is 2.21. The van der Waals surface area contributed by atoms with Gasteiger partial charge in [0.1, 0.15) is 5.78 Å². The maximum absolute atomic E-state index is 11.2. The number of piperidine rings is 1. The minimum atomic E-state index is 0.370. The van der Waals surface area contributed by atoms with Crippen LogP contribution < -0.4 is 4.90 Å². The molecule has 0 bridgehead atoms. The summed E-state index contributed by atoms with van der Waals surface area (Å²) in [6.45, 7) is 1.64. The molecule has 1 fully saturated rings. The number of hydrogen-bond acceptors (Lipinski definition) is 3. The van der Waals surface area contributed by atoms with Gasteiger partial charge in [0.25, 0.3) is 0 Å². The zero-order chi connectivity index (χ0) is 11.7. The number of carbonyl (C=O) groups excluding carboxylic acids is 1. The van der Waals surface area contributed by atoms with E-state index in [1.165, 1.54) is 0 Å². The van der Waals surface area contributed by atoms with Crippen molar-refractivity contribution in [2.75, 3.05) is 18.0 Å². The molecule has 0 unspecified atom stereocenters. The molecule has 0 amide bonds. The Bertz CT molecular complexity index is 555. The van der Waals surface area contributed by atoms with Crippen LogP contribution >= 0.6 is 0 Å². The van der Waals surface area contributed by atoms with Gasteiger partial charge in [-0.2, -0.15) is 0 Å². The van der Waals surface area contributed by atoms with Gasteiger partial charge in [-0.1, -0.05) is 18.2 Å². The Kier molecular flexibility index (Phi) is 2.52. The number of Topliss-reactive ketones (excluding diaryl/α,β-unsaturated/α-hetero) is 1. The molecule has 2 heterocycles. The molecule has 0 aliphatic carbocycles. The van der Waals surface area contributed by atoms with Gasteiger partial charge in [-0.25, -0.2) is 0 Å². The Hall–Kier alpha value is -1.90. The third-order valence-electron chi connectivity index (χ3n) is 3.26. The molecule has 3 heteroatoms. The van der Waals surface area contributed by atoms with Crippen molar-refractivity contribution in [2.45, 2.75) is 12.8 Å². The number of para-hydroxylation sites is 1. The molecular formula is C14H14N2O. The highest BCUT2D eigenvalue weighted by molar-refractivity contribution is 5.83. The third kappa shape index (κ3) is 2.00. The molecule has 3 rings (SSSR count). The number of nitrogens with zero attached hydrogens (tertiary/aromatic N) is 2. The van der Waals surface area contributed by atoms with E-state index in [4.69, 9.17) is 0 Å². The van der Waals surface area contributed by atoms with Crippen LogP contribution in [0.15, 0.2) is 36.5 Å². The van der Waals surface area contributed by atoms with Gasteiger partial charge in [0.2, 0.25) is 0 Å². The normalized spacial score (nSPS) is 16.5. The van der Waals surface area contributed by atoms with E-state index >= 15 is 0 Å². The number of hydrogen-bond donors (Lipinski definition) is 0. The Morgan fingerprint density at radius 1 is 1.12 bits per heavy atom. The van der Waals surface area contributed by atoms with E-state index in [1.54, 1.807) is 0 Å². The second kappa shape index (κ2) is 4.17. The summed E-state index contributed by atoms with van der Waals surface area (Å²) < 4.78 is 0. The lowest BCUT2D eigenvalue weighted by molar-refractivity contribution is -0.119. The van der Waals surface area contributed by atoms with Crippen molar-refractivity contribution >= 4 is 22.4 Å². The molecule has 0 radical (unpaired) electrons. The van der Waals surface area contributed by atoms with Crippen molar-refractivity contribution in [2.24, 2.45) is 0 Å². The molecule has 0 saturated carbocycles.